The number of carbonyl (C=O) groups is 1. The molecule has 0 bridgehead atoms. The van der Waals surface area contributed by atoms with Crippen LogP contribution in [0.3, 0.4) is 0 Å². The molecular formula is C27H24FN3O3S. The summed E-state index contributed by atoms with van der Waals surface area (Å²) in [5.74, 6) is -0.438. The molecule has 0 atom stereocenters. The number of halogens is 1. The Morgan fingerprint density at radius 2 is 1.77 bits per heavy atom. The van der Waals surface area contributed by atoms with E-state index < -0.39 is 10.0 Å². The van der Waals surface area contributed by atoms with Crippen molar-refractivity contribution in [3.63, 3.8) is 0 Å². The van der Waals surface area contributed by atoms with Crippen molar-refractivity contribution in [3.8, 4) is 0 Å². The van der Waals surface area contributed by atoms with Gasteiger partial charge in [0.05, 0.1) is 10.6 Å². The van der Waals surface area contributed by atoms with Gasteiger partial charge in [0.15, 0.2) is 0 Å². The van der Waals surface area contributed by atoms with Crippen LogP contribution >= 0.6 is 0 Å². The van der Waals surface area contributed by atoms with E-state index in [0.717, 1.165) is 22.0 Å². The Bertz CT molecular complexity index is 1530. The molecule has 1 aromatic heterocycles. The molecule has 0 saturated carbocycles. The summed E-state index contributed by atoms with van der Waals surface area (Å²) in [4.78, 5) is 18.0. The molecule has 5 rings (SSSR count). The highest BCUT2D eigenvalue weighted by Crippen LogP contribution is 2.30. The molecule has 178 valence electrons. The maximum absolute atomic E-state index is 13.5. The Morgan fingerprint density at radius 3 is 2.46 bits per heavy atom. The average molecular weight is 490 g/mol. The first-order valence-electron chi connectivity index (χ1n) is 11.2. The van der Waals surface area contributed by atoms with Gasteiger partial charge in [0.25, 0.3) is 15.9 Å². The lowest BCUT2D eigenvalue weighted by molar-refractivity contribution is 0.0773. The van der Waals surface area contributed by atoms with Crippen molar-refractivity contribution in [2.75, 3.05) is 24.4 Å². The number of nitrogens with one attached hydrogen (secondary N) is 1. The summed E-state index contributed by atoms with van der Waals surface area (Å²) in [5, 5.41) is 0.953. The molecule has 0 aliphatic carbocycles. The molecule has 1 amide bonds. The van der Waals surface area contributed by atoms with Crippen LogP contribution in [0.4, 0.5) is 10.1 Å². The topological polar surface area (TPSA) is 73.5 Å². The summed E-state index contributed by atoms with van der Waals surface area (Å²) in [6.45, 7) is 0.980. The number of aromatic nitrogens is 1. The number of aromatic amines is 1. The number of hydrogen-bond acceptors (Lipinski definition) is 3. The highest BCUT2D eigenvalue weighted by molar-refractivity contribution is 7.92. The van der Waals surface area contributed by atoms with Crippen LogP contribution in [-0.4, -0.2) is 44.3 Å². The van der Waals surface area contributed by atoms with Crippen molar-refractivity contribution in [2.24, 2.45) is 0 Å². The molecule has 1 aliphatic rings. The van der Waals surface area contributed by atoms with Crippen LogP contribution in [0, 0.1) is 5.82 Å². The molecule has 0 saturated heterocycles. The minimum absolute atomic E-state index is 0.122. The summed E-state index contributed by atoms with van der Waals surface area (Å²) in [7, 11) is -2.23. The number of H-pyrrole nitrogens is 1. The van der Waals surface area contributed by atoms with Crippen molar-refractivity contribution in [2.45, 2.75) is 11.3 Å². The van der Waals surface area contributed by atoms with Gasteiger partial charge in [-0.2, -0.15) is 0 Å². The lowest BCUT2D eigenvalue weighted by atomic mass is 9.98. The molecule has 0 radical (unpaired) electrons. The first-order chi connectivity index (χ1) is 16.8. The van der Waals surface area contributed by atoms with E-state index in [1.165, 1.54) is 35.6 Å². The van der Waals surface area contributed by atoms with Crippen molar-refractivity contribution >= 4 is 38.1 Å². The number of amides is 1. The molecule has 0 fully saturated rings. The zero-order chi connectivity index (χ0) is 24.6. The maximum Gasteiger partial charge on any atom is 0.264 e. The minimum atomic E-state index is -3.74. The Labute approximate surface area is 203 Å². The van der Waals surface area contributed by atoms with Gasteiger partial charge in [-0.1, -0.05) is 24.3 Å². The normalized spacial score (nSPS) is 14.1. The van der Waals surface area contributed by atoms with Gasteiger partial charge in [-0.25, -0.2) is 12.8 Å². The second kappa shape index (κ2) is 9.03. The monoisotopic (exact) mass is 489 g/mol. The summed E-state index contributed by atoms with van der Waals surface area (Å²) in [5.41, 5.74) is 3.86. The SMILES string of the molecule is CN(c1ccccc1)S(=O)(=O)c1ccc(C(=O)N2CC=C(c3c[nH]c4cc(F)ccc34)CC2)cc1. The highest BCUT2D eigenvalue weighted by Gasteiger charge is 2.24. The number of sulfonamides is 1. The van der Waals surface area contributed by atoms with E-state index in [2.05, 4.69) is 4.98 Å². The number of anilines is 1. The van der Waals surface area contributed by atoms with Gasteiger partial charge in [0, 0.05) is 48.4 Å². The van der Waals surface area contributed by atoms with Gasteiger partial charge in [-0.05, 0) is 66.6 Å². The van der Waals surface area contributed by atoms with E-state index in [1.54, 1.807) is 47.4 Å². The van der Waals surface area contributed by atoms with Crippen LogP contribution in [0.2, 0.25) is 0 Å². The summed E-state index contributed by atoms with van der Waals surface area (Å²) in [6.07, 6.45) is 4.56. The molecule has 0 spiro atoms. The van der Waals surface area contributed by atoms with Crippen molar-refractivity contribution in [3.05, 3.63) is 102 Å². The molecule has 3 aromatic carbocycles. The van der Waals surface area contributed by atoms with E-state index in [1.807, 2.05) is 18.3 Å². The van der Waals surface area contributed by atoms with Gasteiger partial charge in [-0.3, -0.25) is 9.10 Å². The van der Waals surface area contributed by atoms with Gasteiger partial charge in [-0.15, -0.1) is 0 Å². The van der Waals surface area contributed by atoms with Gasteiger partial charge >= 0.3 is 0 Å². The van der Waals surface area contributed by atoms with E-state index in [-0.39, 0.29) is 16.6 Å². The van der Waals surface area contributed by atoms with Gasteiger partial charge in [0.2, 0.25) is 0 Å². The maximum atomic E-state index is 13.5. The number of carbonyl (C=O) groups excluding carboxylic acids is 1. The number of para-hydroxylation sites is 1. The smallest absolute Gasteiger partial charge is 0.264 e. The van der Waals surface area contributed by atoms with E-state index in [0.29, 0.717) is 30.8 Å². The molecule has 2 heterocycles. The van der Waals surface area contributed by atoms with Crippen LogP contribution in [0.5, 0.6) is 0 Å². The molecule has 35 heavy (non-hydrogen) atoms. The predicted octanol–water partition coefficient (Wildman–Crippen LogP) is 5.06. The van der Waals surface area contributed by atoms with Crippen LogP contribution in [0.15, 0.2) is 90.0 Å². The zero-order valence-electron chi connectivity index (χ0n) is 19.1. The summed E-state index contributed by atoms with van der Waals surface area (Å²) < 4.78 is 40.7. The molecule has 0 unspecified atom stereocenters. The quantitative estimate of drug-likeness (QED) is 0.426. The summed E-state index contributed by atoms with van der Waals surface area (Å²) >= 11 is 0. The largest absolute Gasteiger partial charge is 0.360 e. The average Bonchev–Trinajstić information content (AvgIpc) is 3.31. The van der Waals surface area contributed by atoms with Gasteiger partial charge in [0.1, 0.15) is 5.82 Å². The van der Waals surface area contributed by atoms with Crippen LogP contribution in [0.1, 0.15) is 22.3 Å². The third-order valence-electron chi connectivity index (χ3n) is 6.37. The molecular weight excluding hydrogens is 465 g/mol. The second-order valence-electron chi connectivity index (χ2n) is 8.46. The first-order valence-corrected chi connectivity index (χ1v) is 12.7. The van der Waals surface area contributed by atoms with Crippen molar-refractivity contribution < 1.29 is 17.6 Å². The Hall–Kier alpha value is -3.91. The van der Waals surface area contributed by atoms with E-state index in [4.69, 9.17) is 0 Å². The Kier molecular flexibility index (Phi) is 5.90. The number of fused-ring (bicyclic) bond motifs is 1. The number of benzene rings is 3. The third kappa shape index (κ3) is 4.33. The summed E-state index contributed by atoms with van der Waals surface area (Å²) in [6, 6.07) is 19.6. The van der Waals surface area contributed by atoms with Crippen LogP contribution < -0.4 is 4.31 Å². The van der Waals surface area contributed by atoms with Crippen LogP contribution in [-0.2, 0) is 10.0 Å². The fourth-order valence-corrected chi connectivity index (χ4v) is 5.54. The van der Waals surface area contributed by atoms with Crippen molar-refractivity contribution in [1.29, 1.82) is 0 Å². The molecule has 4 aromatic rings. The molecule has 1 aliphatic heterocycles. The number of rotatable bonds is 5. The van der Waals surface area contributed by atoms with Gasteiger partial charge < -0.3 is 9.88 Å². The fraction of sp³-hybridized carbons (Fsp3) is 0.148. The highest BCUT2D eigenvalue weighted by atomic mass is 32.2. The van der Waals surface area contributed by atoms with Crippen molar-refractivity contribution in [1.82, 2.24) is 9.88 Å². The second-order valence-corrected chi connectivity index (χ2v) is 10.4. The molecule has 6 nitrogen and oxygen atoms in total. The predicted molar refractivity (Wildman–Crippen MR) is 135 cm³/mol. The lowest BCUT2D eigenvalue weighted by Crippen LogP contribution is -2.34. The minimum Gasteiger partial charge on any atom is -0.360 e. The molecule has 1 N–H and O–H groups in total. The Balaban J connectivity index is 1.30. The number of nitrogens with zero attached hydrogens (tertiary/aromatic N) is 2. The molecule has 8 heteroatoms. The zero-order valence-corrected chi connectivity index (χ0v) is 19.9. The first kappa shape index (κ1) is 22.9. The third-order valence-corrected chi connectivity index (χ3v) is 8.17. The lowest BCUT2D eigenvalue weighted by Gasteiger charge is -2.27. The van der Waals surface area contributed by atoms with E-state index >= 15 is 0 Å². The van der Waals surface area contributed by atoms with E-state index in [9.17, 15) is 17.6 Å². The van der Waals surface area contributed by atoms with Crippen LogP contribution in [0.25, 0.3) is 16.5 Å². The number of hydrogen-bond donors (Lipinski definition) is 1. The standard InChI is InChI=1S/C27H24FN3O3S/c1-30(22-5-3-2-4-6-22)35(33,34)23-10-7-20(8-11-23)27(32)31-15-13-19(14-16-31)25-18-29-26-17-21(28)9-12-24(25)26/h2-13,17-18,29H,14-16H2,1H3. The fourth-order valence-electron chi connectivity index (χ4n) is 4.35. The Morgan fingerprint density at radius 1 is 1.03 bits per heavy atom.